The van der Waals surface area contributed by atoms with Crippen molar-refractivity contribution in [2.45, 2.75) is 12.8 Å². The number of ether oxygens (including phenoxy) is 2. The summed E-state index contributed by atoms with van der Waals surface area (Å²) in [6.45, 7) is 0.0397. The zero-order valence-electron chi connectivity index (χ0n) is 12.1. The number of amides is 2. The van der Waals surface area contributed by atoms with E-state index in [0.717, 1.165) is 0 Å². The van der Waals surface area contributed by atoms with Gasteiger partial charge in [0.1, 0.15) is 5.75 Å². The molecule has 8 heteroatoms. The van der Waals surface area contributed by atoms with Crippen molar-refractivity contribution in [1.82, 2.24) is 5.32 Å². The first kappa shape index (κ1) is 17.3. The minimum absolute atomic E-state index is 0.00284. The minimum atomic E-state index is -0.905. The van der Waals surface area contributed by atoms with Gasteiger partial charge in [0.05, 0.1) is 7.11 Å². The number of carbonyl (C=O) groups excluding carboxylic acids is 2. The molecule has 0 heterocycles. The quantitative estimate of drug-likeness (QED) is 0.491. The van der Waals surface area contributed by atoms with E-state index in [-0.39, 0.29) is 19.6 Å². The maximum atomic E-state index is 11.6. The van der Waals surface area contributed by atoms with Crippen LogP contribution in [0, 0.1) is 0 Å². The van der Waals surface area contributed by atoms with Gasteiger partial charge in [0, 0.05) is 24.7 Å². The van der Waals surface area contributed by atoms with Crippen LogP contribution < -0.4 is 15.4 Å². The van der Waals surface area contributed by atoms with Gasteiger partial charge in [0.25, 0.3) is 0 Å². The highest BCUT2D eigenvalue weighted by Crippen LogP contribution is 2.17. The molecule has 3 N–H and O–H groups in total. The molecule has 0 aliphatic heterocycles. The Morgan fingerprint density at radius 2 is 2.05 bits per heavy atom. The maximum absolute atomic E-state index is 11.6. The van der Waals surface area contributed by atoms with Crippen LogP contribution in [0.15, 0.2) is 24.3 Å². The SMILES string of the molecule is COC(=O)COc1cccc(NC(=O)NCCCC(=O)O)c1. The van der Waals surface area contributed by atoms with Crippen LogP contribution in [0.3, 0.4) is 0 Å². The van der Waals surface area contributed by atoms with Crippen molar-refractivity contribution in [3.63, 3.8) is 0 Å². The number of methoxy groups -OCH3 is 1. The average Bonchev–Trinajstić information content (AvgIpc) is 2.49. The number of urea groups is 1. The van der Waals surface area contributed by atoms with Crippen molar-refractivity contribution < 1.29 is 29.0 Å². The summed E-state index contributed by atoms with van der Waals surface area (Å²) in [6, 6.07) is 6.06. The van der Waals surface area contributed by atoms with Gasteiger partial charge < -0.3 is 25.2 Å². The molecular formula is C14H18N2O6. The molecule has 120 valence electrons. The Morgan fingerprint density at radius 1 is 1.27 bits per heavy atom. The third-order valence-electron chi connectivity index (χ3n) is 2.53. The van der Waals surface area contributed by atoms with E-state index in [2.05, 4.69) is 15.4 Å². The number of carboxylic acids is 1. The van der Waals surface area contributed by atoms with Crippen LogP contribution in [0.5, 0.6) is 5.75 Å². The van der Waals surface area contributed by atoms with E-state index in [0.29, 0.717) is 17.9 Å². The molecule has 0 aliphatic carbocycles. The normalized spacial score (nSPS) is 9.68. The summed E-state index contributed by atoms with van der Waals surface area (Å²) in [5.41, 5.74) is 0.484. The molecule has 0 atom stereocenters. The van der Waals surface area contributed by atoms with Gasteiger partial charge in [-0.25, -0.2) is 9.59 Å². The van der Waals surface area contributed by atoms with E-state index in [4.69, 9.17) is 9.84 Å². The minimum Gasteiger partial charge on any atom is -0.482 e. The van der Waals surface area contributed by atoms with E-state index in [1.54, 1.807) is 24.3 Å². The Morgan fingerprint density at radius 3 is 2.73 bits per heavy atom. The van der Waals surface area contributed by atoms with Crippen molar-refractivity contribution in [3.8, 4) is 5.75 Å². The Balaban J connectivity index is 2.40. The van der Waals surface area contributed by atoms with Crippen LogP contribution in [-0.2, 0) is 14.3 Å². The van der Waals surface area contributed by atoms with E-state index in [9.17, 15) is 14.4 Å². The molecule has 1 aromatic rings. The number of carboxylic acid groups (broad SMARTS) is 1. The molecule has 0 spiro atoms. The summed E-state index contributed by atoms with van der Waals surface area (Å²) in [4.78, 5) is 32.9. The number of hydrogen-bond donors (Lipinski definition) is 3. The lowest BCUT2D eigenvalue weighted by Crippen LogP contribution is -2.29. The third kappa shape index (κ3) is 7.13. The van der Waals surface area contributed by atoms with Gasteiger partial charge in [-0.05, 0) is 18.6 Å². The smallest absolute Gasteiger partial charge is 0.343 e. The van der Waals surface area contributed by atoms with E-state index in [1.165, 1.54) is 7.11 Å². The van der Waals surface area contributed by atoms with Gasteiger partial charge in [-0.1, -0.05) is 6.07 Å². The highest BCUT2D eigenvalue weighted by molar-refractivity contribution is 5.89. The van der Waals surface area contributed by atoms with Crippen LogP contribution in [0.1, 0.15) is 12.8 Å². The predicted molar refractivity (Wildman–Crippen MR) is 77.8 cm³/mol. The fourth-order valence-electron chi connectivity index (χ4n) is 1.48. The van der Waals surface area contributed by atoms with Gasteiger partial charge in [-0.2, -0.15) is 0 Å². The number of anilines is 1. The van der Waals surface area contributed by atoms with Gasteiger partial charge >= 0.3 is 18.0 Å². The largest absolute Gasteiger partial charge is 0.482 e. The van der Waals surface area contributed by atoms with E-state index >= 15 is 0 Å². The molecule has 0 aromatic heterocycles. The molecule has 0 saturated carbocycles. The molecule has 0 saturated heterocycles. The second kappa shape index (κ2) is 9.22. The Kier molecular flexibility index (Phi) is 7.24. The molecule has 0 fully saturated rings. The van der Waals surface area contributed by atoms with Gasteiger partial charge in [-0.3, -0.25) is 4.79 Å². The van der Waals surface area contributed by atoms with Crippen molar-refractivity contribution in [1.29, 1.82) is 0 Å². The molecule has 8 nitrogen and oxygen atoms in total. The third-order valence-corrected chi connectivity index (χ3v) is 2.53. The monoisotopic (exact) mass is 310 g/mol. The number of esters is 1. The fourth-order valence-corrected chi connectivity index (χ4v) is 1.48. The van der Waals surface area contributed by atoms with Gasteiger partial charge in [-0.15, -0.1) is 0 Å². The summed E-state index contributed by atoms with van der Waals surface area (Å²) < 4.78 is 9.65. The lowest BCUT2D eigenvalue weighted by Gasteiger charge is -2.09. The Hall–Kier alpha value is -2.77. The van der Waals surface area contributed by atoms with Crippen molar-refractivity contribution in [3.05, 3.63) is 24.3 Å². The number of rotatable bonds is 8. The van der Waals surface area contributed by atoms with Gasteiger partial charge in [0.2, 0.25) is 0 Å². The van der Waals surface area contributed by atoms with E-state index < -0.39 is 18.0 Å². The number of nitrogens with one attached hydrogen (secondary N) is 2. The van der Waals surface area contributed by atoms with Crippen molar-refractivity contribution in [2.24, 2.45) is 0 Å². The maximum Gasteiger partial charge on any atom is 0.343 e. The molecule has 0 radical (unpaired) electrons. The highest BCUT2D eigenvalue weighted by atomic mass is 16.6. The molecular weight excluding hydrogens is 292 g/mol. The second-order valence-electron chi connectivity index (χ2n) is 4.27. The first-order valence-corrected chi connectivity index (χ1v) is 6.57. The van der Waals surface area contributed by atoms with E-state index in [1.807, 2.05) is 0 Å². The topological polar surface area (TPSA) is 114 Å². The molecule has 0 aliphatic rings. The highest BCUT2D eigenvalue weighted by Gasteiger charge is 2.05. The predicted octanol–water partition coefficient (Wildman–Crippen LogP) is 1.22. The summed E-state index contributed by atoms with van der Waals surface area (Å²) in [7, 11) is 1.26. The summed E-state index contributed by atoms with van der Waals surface area (Å²) >= 11 is 0. The zero-order valence-corrected chi connectivity index (χ0v) is 12.1. The molecule has 1 aromatic carbocycles. The van der Waals surface area contributed by atoms with Crippen LogP contribution in [-0.4, -0.2) is 43.3 Å². The van der Waals surface area contributed by atoms with Crippen molar-refractivity contribution in [2.75, 3.05) is 25.6 Å². The zero-order chi connectivity index (χ0) is 16.4. The van der Waals surface area contributed by atoms with Crippen molar-refractivity contribution >= 4 is 23.7 Å². The van der Waals surface area contributed by atoms with Crippen LogP contribution in [0.25, 0.3) is 0 Å². The summed E-state index contributed by atoms with van der Waals surface area (Å²) in [5, 5.41) is 13.6. The lowest BCUT2D eigenvalue weighted by molar-refractivity contribution is -0.143. The Labute approximate surface area is 127 Å². The summed E-state index contributed by atoms with van der Waals surface area (Å²) in [5.74, 6) is -0.999. The number of benzene rings is 1. The molecule has 2 amide bonds. The molecule has 22 heavy (non-hydrogen) atoms. The summed E-state index contributed by atoms with van der Waals surface area (Å²) in [6.07, 6.45) is 0.349. The van der Waals surface area contributed by atoms with Crippen LogP contribution >= 0.6 is 0 Å². The standard InChI is InChI=1S/C14H18N2O6/c1-21-13(19)9-22-11-5-2-4-10(8-11)16-14(20)15-7-3-6-12(17)18/h2,4-5,8H,3,6-7,9H2,1H3,(H,17,18)(H2,15,16,20). The second-order valence-corrected chi connectivity index (χ2v) is 4.27. The molecule has 1 rings (SSSR count). The molecule has 0 unspecified atom stereocenters. The average molecular weight is 310 g/mol. The number of aliphatic carboxylic acids is 1. The Bertz CT molecular complexity index is 532. The fraction of sp³-hybridized carbons (Fsp3) is 0.357. The lowest BCUT2D eigenvalue weighted by atomic mass is 10.3. The van der Waals surface area contributed by atoms with Crippen LogP contribution in [0.2, 0.25) is 0 Å². The number of carbonyl (C=O) groups is 3. The van der Waals surface area contributed by atoms with Gasteiger partial charge in [0.15, 0.2) is 6.61 Å². The first-order chi connectivity index (χ1) is 10.5. The molecule has 0 bridgehead atoms. The first-order valence-electron chi connectivity index (χ1n) is 6.57. The van der Waals surface area contributed by atoms with Crippen LogP contribution in [0.4, 0.5) is 10.5 Å². The number of hydrogen-bond acceptors (Lipinski definition) is 5.